The van der Waals surface area contributed by atoms with Crippen LogP contribution in [0.4, 0.5) is 0 Å². The molecule has 78 valence electrons. The van der Waals surface area contributed by atoms with E-state index in [0.717, 1.165) is 0 Å². The SMILES string of the molecule is Cc1ccccc1[C@@H](C)O[Si](C)(C)C. The lowest BCUT2D eigenvalue weighted by Gasteiger charge is -2.24. The highest BCUT2D eigenvalue weighted by atomic mass is 28.4. The zero-order valence-corrected chi connectivity index (χ0v) is 10.8. The van der Waals surface area contributed by atoms with Crippen LogP contribution in [-0.2, 0) is 4.43 Å². The fourth-order valence-electron chi connectivity index (χ4n) is 1.64. The predicted molar refractivity (Wildman–Crippen MR) is 64.0 cm³/mol. The summed E-state index contributed by atoms with van der Waals surface area (Å²) in [4.78, 5) is 0. The number of hydrogen-bond acceptors (Lipinski definition) is 1. The summed E-state index contributed by atoms with van der Waals surface area (Å²) in [6, 6.07) is 8.44. The summed E-state index contributed by atoms with van der Waals surface area (Å²) in [7, 11) is -1.43. The lowest BCUT2D eigenvalue weighted by atomic mass is 10.1. The zero-order chi connectivity index (χ0) is 10.8. The molecule has 0 heterocycles. The average Bonchev–Trinajstić information content (AvgIpc) is 2.01. The van der Waals surface area contributed by atoms with Gasteiger partial charge in [-0.05, 0) is 44.6 Å². The third kappa shape index (κ3) is 3.27. The maximum Gasteiger partial charge on any atom is 0.184 e. The first-order valence-electron chi connectivity index (χ1n) is 5.13. The summed E-state index contributed by atoms with van der Waals surface area (Å²) >= 11 is 0. The van der Waals surface area contributed by atoms with Gasteiger partial charge in [0, 0.05) is 0 Å². The van der Waals surface area contributed by atoms with Crippen LogP contribution in [0.1, 0.15) is 24.2 Å². The van der Waals surface area contributed by atoms with E-state index in [1.54, 1.807) is 0 Å². The van der Waals surface area contributed by atoms with E-state index < -0.39 is 8.32 Å². The molecule has 0 saturated heterocycles. The Hall–Kier alpha value is -0.603. The van der Waals surface area contributed by atoms with Crippen LogP contribution in [-0.4, -0.2) is 8.32 Å². The molecule has 0 saturated carbocycles. The molecular weight excluding hydrogens is 188 g/mol. The minimum atomic E-state index is -1.43. The molecule has 1 atom stereocenters. The normalized spacial score (nSPS) is 14.1. The van der Waals surface area contributed by atoms with Gasteiger partial charge < -0.3 is 4.43 Å². The second-order valence-electron chi connectivity index (χ2n) is 4.73. The third-order valence-corrected chi connectivity index (χ3v) is 3.22. The Balaban J connectivity index is 2.80. The fraction of sp³-hybridized carbons (Fsp3) is 0.500. The summed E-state index contributed by atoms with van der Waals surface area (Å²) in [6.45, 7) is 10.9. The molecule has 0 N–H and O–H groups in total. The van der Waals surface area contributed by atoms with Crippen molar-refractivity contribution in [1.29, 1.82) is 0 Å². The van der Waals surface area contributed by atoms with E-state index in [-0.39, 0.29) is 6.10 Å². The largest absolute Gasteiger partial charge is 0.411 e. The van der Waals surface area contributed by atoms with Crippen molar-refractivity contribution in [3.63, 3.8) is 0 Å². The molecule has 0 amide bonds. The van der Waals surface area contributed by atoms with Gasteiger partial charge in [-0.3, -0.25) is 0 Å². The summed E-state index contributed by atoms with van der Waals surface area (Å²) in [5.41, 5.74) is 2.63. The monoisotopic (exact) mass is 208 g/mol. The molecule has 2 heteroatoms. The van der Waals surface area contributed by atoms with Gasteiger partial charge in [-0.2, -0.15) is 0 Å². The molecule has 0 radical (unpaired) electrons. The van der Waals surface area contributed by atoms with Crippen LogP contribution in [0.5, 0.6) is 0 Å². The molecule has 0 spiro atoms. The van der Waals surface area contributed by atoms with Crippen molar-refractivity contribution in [3.05, 3.63) is 35.4 Å². The standard InChI is InChI=1S/C12H20OSi/c1-10-8-6-7-9-12(10)11(2)13-14(3,4)5/h6-9,11H,1-5H3/t11-/m1/s1. The van der Waals surface area contributed by atoms with Crippen LogP contribution >= 0.6 is 0 Å². The molecule has 0 unspecified atom stereocenters. The molecule has 1 nitrogen and oxygen atoms in total. The van der Waals surface area contributed by atoms with Gasteiger partial charge in [-0.15, -0.1) is 0 Å². The Morgan fingerprint density at radius 1 is 1.14 bits per heavy atom. The Labute approximate surface area is 88.2 Å². The first kappa shape index (κ1) is 11.5. The zero-order valence-electron chi connectivity index (χ0n) is 9.79. The molecular formula is C12H20OSi. The first-order chi connectivity index (χ1) is 6.40. The van der Waals surface area contributed by atoms with E-state index in [0.29, 0.717) is 0 Å². The molecule has 0 bridgehead atoms. The van der Waals surface area contributed by atoms with E-state index in [1.807, 2.05) is 0 Å². The smallest absolute Gasteiger partial charge is 0.184 e. The first-order valence-corrected chi connectivity index (χ1v) is 8.54. The molecule has 0 aliphatic heterocycles. The quantitative estimate of drug-likeness (QED) is 0.684. The second kappa shape index (κ2) is 4.28. The van der Waals surface area contributed by atoms with Crippen molar-refractivity contribution >= 4 is 8.32 Å². The van der Waals surface area contributed by atoms with Gasteiger partial charge in [0.05, 0.1) is 6.10 Å². The summed E-state index contributed by atoms with van der Waals surface area (Å²) < 4.78 is 6.04. The number of hydrogen-bond donors (Lipinski definition) is 0. The van der Waals surface area contributed by atoms with Crippen LogP contribution in [0.2, 0.25) is 19.6 Å². The van der Waals surface area contributed by atoms with Gasteiger partial charge in [-0.1, -0.05) is 24.3 Å². The van der Waals surface area contributed by atoms with Crippen molar-refractivity contribution in [1.82, 2.24) is 0 Å². The van der Waals surface area contributed by atoms with Gasteiger partial charge in [0.1, 0.15) is 0 Å². The molecule has 0 fully saturated rings. The minimum absolute atomic E-state index is 0.225. The van der Waals surface area contributed by atoms with Crippen LogP contribution in [0, 0.1) is 6.92 Å². The predicted octanol–water partition coefficient (Wildman–Crippen LogP) is 3.91. The maximum atomic E-state index is 6.04. The molecule has 1 aromatic carbocycles. The van der Waals surface area contributed by atoms with Gasteiger partial charge in [-0.25, -0.2) is 0 Å². The van der Waals surface area contributed by atoms with Crippen molar-refractivity contribution in [2.45, 2.75) is 39.6 Å². The molecule has 1 aromatic rings. The molecule has 1 rings (SSSR count). The second-order valence-corrected chi connectivity index (χ2v) is 9.19. The highest BCUT2D eigenvalue weighted by Gasteiger charge is 2.19. The van der Waals surface area contributed by atoms with Gasteiger partial charge in [0.15, 0.2) is 8.32 Å². The Kier molecular flexibility index (Phi) is 3.51. The van der Waals surface area contributed by atoms with Crippen LogP contribution in [0.25, 0.3) is 0 Å². The van der Waals surface area contributed by atoms with Gasteiger partial charge >= 0.3 is 0 Å². The highest BCUT2D eigenvalue weighted by Crippen LogP contribution is 2.23. The molecule has 14 heavy (non-hydrogen) atoms. The molecule has 0 aromatic heterocycles. The highest BCUT2D eigenvalue weighted by molar-refractivity contribution is 6.69. The average molecular weight is 208 g/mol. The van der Waals surface area contributed by atoms with E-state index in [2.05, 4.69) is 57.8 Å². The Morgan fingerprint density at radius 3 is 2.21 bits per heavy atom. The summed E-state index contributed by atoms with van der Waals surface area (Å²) in [6.07, 6.45) is 0.225. The van der Waals surface area contributed by atoms with E-state index in [4.69, 9.17) is 4.43 Å². The summed E-state index contributed by atoms with van der Waals surface area (Å²) in [5, 5.41) is 0. The lowest BCUT2D eigenvalue weighted by molar-refractivity contribution is 0.218. The van der Waals surface area contributed by atoms with E-state index in [9.17, 15) is 0 Å². The Bertz CT molecular complexity index is 301. The van der Waals surface area contributed by atoms with Crippen molar-refractivity contribution in [2.75, 3.05) is 0 Å². The number of benzene rings is 1. The topological polar surface area (TPSA) is 9.23 Å². The van der Waals surface area contributed by atoms with E-state index in [1.165, 1.54) is 11.1 Å². The van der Waals surface area contributed by atoms with Crippen molar-refractivity contribution in [2.24, 2.45) is 0 Å². The summed E-state index contributed by atoms with van der Waals surface area (Å²) in [5.74, 6) is 0. The Morgan fingerprint density at radius 2 is 1.71 bits per heavy atom. The van der Waals surface area contributed by atoms with E-state index >= 15 is 0 Å². The van der Waals surface area contributed by atoms with Crippen LogP contribution in [0.3, 0.4) is 0 Å². The third-order valence-electron chi connectivity index (χ3n) is 2.16. The van der Waals surface area contributed by atoms with Crippen LogP contribution in [0.15, 0.2) is 24.3 Å². The fourth-order valence-corrected chi connectivity index (χ4v) is 2.82. The molecule has 0 aliphatic rings. The minimum Gasteiger partial charge on any atom is -0.411 e. The number of aryl methyl sites for hydroxylation is 1. The van der Waals surface area contributed by atoms with Gasteiger partial charge in [0.2, 0.25) is 0 Å². The van der Waals surface area contributed by atoms with Crippen LogP contribution < -0.4 is 0 Å². The van der Waals surface area contributed by atoms with Crippen molar-refractivity contribution < 1.29 is 4.43 Å². The number of rotatable bonds is 3. The van der Waals surface area contributed by atoms with Crippen molar-refractivity contribution in [3.8, 4) is 0 Å². The molecule has 0 aliphatic carbocycles. The van der Waals surface area contributed by atoms with Gasteiger partial charge in [0.25, 0.3) is 0 Å². The lowest BCUT2D eigenvalue weighted by Crippen LogP contribution is -2.27. The maximum absolute atomic E-state index is 6.04.